The summed E-state index contributed by atoms with van der Waals surface area (Å²) in [6.45, 7) is 3.71. The van der Waals surface area contributed by atoms with E-state index in [1.54, 1.807) is 32.0 Å². The lowest BCUT2D eigenvalue weighted by atomic mass is 9.92. The van der Waals surface area contributed by atoms with Crippen molar-refractivity contribution < 1.29 is 9.59 Å². The van der Waals surface area contributed by atoms with E-state index in [0.29, 0.717) is 16.3 Å². The zero-order chi connectivity index (χ0) is 14.9. The van der Waals surface area contributed by atoms with E-state index in [1.165, 1.54) is 4.90 Å². The quantitative estimate of drug-likeness (QED) is 0.635. The van der Waals surface area contributed by atoms with E-state index in [-0.39, 0.29) is 24.8 Å². The molecule has 2 N–H and O–H groups in total. The van der Waals surface area contributed by atoms with Crippen LogP contribution in [0.3, 0.4) is 0 Å². The van der Waals surface area contributed by atoms with Crippen LogP contribution < -0.4 is 10.6 Å². The van der Waals surface area contributed by atoms with Crippen LogP contribution in [0, 0.1) is 17.3 Å². The van der Waals surface area contributed by atoms with Crippen LogP contribution in [-0.2, 0) is 9.59 Å². The standard InChI is InChI=1S/C15H15ClN2O2/c1-15(2)9-13(19)18(14(15)20)12-8-11(16)6-5-10(12)4-3-7-17/h5-6,8H,7,9,17H2,1-2H3. The van der Waals surface area contributed by atoms with Gasteiger partial charge in [-0.15, -0.1) is 0 Å². The summed E-state index contributed by atoms with van der Waals surface area (Å²) in [7, 11) is 0. The predicted octanol–water partition coefficient (Wildman–Crippen LogP) is 1.94. The smallest absolute Gasteiger partial charge is 0.239 e. The van der Waals surface area contributed by atoms with Crippen molar-refractivity contribution in [3.8, 4) is 11.8 Å². The average molecular weight is 291 g/mol. The van der Waals surface area contributed by atoms with Crippen molar-refractivity contribution in [2.75, 3.05) is 11.4 Å². The molecule has 0 unspecified atom stereocenters. The lowest BCUT2D eigenvalue weighted by Gasteiger charge is -2.19. The van der Waals surface area contributed by atoms with Gasteiger partial charge in [0.2, 0.25) is 11.8 Å². The summed E-state index contributed by atoms with van der Waals surface area (Å²) in [6, 6.07) is 4.94. The van der Waals surface area contributed by atoms with Gasteiger partial charge in [-0.25, -0.2) is 4.90 Å². The van der Waals surface area contributed by atoms with E-state index in [9.17, 15) is 9.59 Å². The highest BCUT2D eigenvalue weighted by atomic mass is 35.5. The molecule has 0 atom stereocenters. The van der Waals surface area contributed by atoms with Gasteiger partial charge < -0.3 is 5.73 Å². The number of anilines is 1. The Morgan fingerprint density at radius 3 is 2.65 bits per heavy atom. The van der Waals surface area contributed by atoms with E-state index in [0.717, 1.165) is 0 Å². The fraction of sp³-hybridized carbons (Fsp3) is 0.333. The normalized spacial score (nSPS) is 17.1. The maximum absolute atomic E-state index is 12.4. The summed E-state index contributed by atoms with van der Waals surface area (Å²) >= 11 is 5.97. The van der Waals surface area contributed by atoms with Crippen molar-refractivity contribution in [2.45, 2.75) is 20.3 Å². The Bertz CT molecular complexity index is 641. The second kappa shape index (κ2) is 5.28. The molecular formula is C15H15ClN2O2. The number of amides is 2. The first-order valence-electron chi connectivity index (χ1n) is 6.22. The molecule has 0 saturated carbocycles. The zero-order valence-corrected chi connectivity index (χ0v) is 12.1. The van der Waals surface area contributed by atoms with Gasteiger partial charge in [-0.05, 0) is 18.2 Å². The maximum Gasteiger partial charge on any atom is 0.239 e. The van der Waals surface area contributed by atoms with Crippen molar-refractivity contribution >= 4 is 29.1 Å². The van der Waals surface area contributed by atoms with Crippen molar-refractivity contribution in [1.29, 1.82) is 0 Å². The zero-order valence-electron chi connectivity index (χ0n) is 11.4. The predicted molar refractivity (Wildman–Crippen MR) is 78.3 cm³/mol. The molecule has 20 heavy (non-hydrogen) atoms. The number of halogens is 1. The third-order valence-corrected chi connectivity index (χ3v) is 3.39. The number of nitrogens with zero attached hydrogens (tertiary/aromatic N) is 1. The van der Waals surface area contributed by atoms with Crippen molar-refractivity contribution in [3.05, 3.63) is 28.8 Å². The van der Waals surface area contributed by atoms with Gasteiger partial charge in [0.25, 0.3) is 0 Å². The molecule has 104 valence electrons. The first kappa shape index (κ1) is 14.6. The largest absolute Gasteiger partial charge is 0.320 e. The Hall–Kier alpha value is -1.83. The minimum atomic E-state index is -0.696. The number of nitrogens with two attached hydrogens (primary N) is 1. The minimum absolute atomic E-state index is 0.183. The molecule has 1 heterocycles. The summed E-state index contributed by atoms with van der Waals surface area (Å²) in [6.07, 6.45) is 0.183. The molecule has 2 rings (SSSR count). The Labute approximate surface area is 122 Å². The Morgan fingerprint density at radius 1 is 1.40 bits per heavy atom. The van der Waals surface area contributed by atoms with Crippen molar-refractivity contribution in [2.24, 2.45) is 11.1 Å². The Balaban J connectivity index is 2.54. The lowest BCUT2D eigenvalue weighted by molar-refractivity contribution is -0.124. The van der Waals surface area contributed by atoms with Crippen LogP contribution in [0.5, 0.6) is 0 Å². The highest BCUT2D eigenvalue weighted by Gasteiger charge is 2.46. The number of hydrogen-bond donors (Lipinski definition) is 1. The fourth-order valence-corrected chi connectivity index (χ4v) is 2.30. The van der Waals surface area contributed by atoms with Gasteiger partial charge in [-0.3, -0.25) is 9.59 Å². The summed E-state index contributed by atoms with van der Waals surface area (Å²) in [5, 5.41) is 0.448. The van der Waals surface area contributed by atoms with Gasteiger partial charge in [-0.1, -0.05) is 37.3 Å². The highest BCUT2D eigenvalue weighted by Crippen LogP contribution is 2.37. The number of carbonyl (C=O) groups excluding carboxylic acids is 2. The van der Waals surface area contributed by atoms with Crippen LogP contribution in [0.25, 0.3) is 0 Å². The molecule has 1 fully saturated rings. The van der Waals surface area contributed by atoms with Crippen LogP contribution in [-0.4, -0.2) is 18.4 Å². The second-order valence-electron chi connectivity index (χ2n) is 5.26. The van der Waals surface area contributed by atoms with Crippen molar-refractivity contribution in [1.82, 2.24) is 0 Å². The molecule has 4 nitrogen and oxygen atoms in total. The Kier molecular flexibility index (Phi) is 3.85. The number of hydrogen-bond acceptors (Lipinski definition) is 3. The second-order valence-corrected chi connectivity index (χ2v) is 5.70. The van der Waals surface area contributed by atoms with Gasteiger partial charge in [0, 0.05) is 17.0 Å². The van der Waals surface area contributed by atoms with Gasteiger partial charge in [0.05, 0.1) is 17.6 Å². The Morgan fingerprint density at radius 2 is 2.10 bits per heavy atom. The molecule has 0 radical (unpaired) electrons. The first-order valence-corrected chi connectivity index (χ1v) is 6.60. The minimum Gasteiger partial charge on any atom is -0.320 e. The average Bonchev–Trinajstić information content (AvgIpc) is 2.57. The highest BCUT2D eigenvalue weighted by molar-refractivity contribution is 6.31. The lowest BCUT2D eigenvalue weighted by Crippen LogP contribution is -2.33. The number of benzene rings is 1. The van der Waals surface area contributed by atoms with E-state index in [1.807, 2.05) is 0 Å². The number of carbonyl (C=O) groups is 2. The summed E-state index contributed by atoms with van der Waals surface area (Å²) in [5.74, 6) is 5.12. The molecule has 0 bridgehead atoms. The molecule has 1 aliphatic rings. The van der Waals surface area contributed by atoms with Crippen LogP contribution in [0.15, 0.2) is 18.2 Å². The van der Waals surface area contributed by atoms with Gasteiger partial charge in [-0.2, -0.15) is 0 Å². The molecule has 2 amide bonds. The summed E-state index contributed by atoms with van der Waals surface area (Å²) in [4.78, 5) is 25.7. The van der Waals surface area contributed by atoms with Gasteiger partial charge in [0.15, 0.2) is 0 Å². The van der Waals surface area contributed by atoms with Crippen LogP contribution >= 0.6 is 11.6 Å². The molecule has 1 aromatic rings. The molecule has 1 aliphatic heterocycles. The van der Waals surface area contributed by atoms with Crippen LogP contribution in [0.1, 0.15) is 25.8 Å². The number of rotatable bonds is 1. The van der Waals surface area contributed by atoms with E-state index >= 15 is 0 Å². The monoisotopic (exact) mass is 290 g/mol. The van der Waals surface area contributed by atoms with Crippen molar-refractivity contribution in [3.63, 3.8) is 0 Å². The molecule has 1 aromatic carbocycles. The summed E-state index contributed by atoms with van der Waals surface area (Å²) in [5.41, 5.74) is 5.66. The third-order valence-electron chi connectivity index (χ3n) is 3.15. The van der Waals surface area contributed by atoms with Gasteiger partial charge in [0.1, 0.15) is 0 Å². The third kappa shape index (κ3) is 2.55. The fourth-order valence-electron chi connectivity index (χ4n) is 2.13. The summed E-state index contributed by atoms with van der Waals surface area (Å²) < 4.78 is 0. The SMILES string of the molecule is CC1(C)CC(=O)N(c2cc(Cl)ccc2C#CCN)C1=O. The molecule has 0 aliphatic carbocycles. The molecule has 1 saturated heterocycles. The van der Waals surface area contributed by atoms with Crippen LogP contribution in [0.4, 0.5) is 5.69 Å². The first-order chi connectivity index (χ1) is 9.36. The molecule has 5 heteroatoms. The molecule has 0 aromatic heterocycles. The van der Waals surface area contributed by atoms with Crippen LogP contribution in [0.2, 0.25) is 5.02 Å². The van der Waals surface area contributed by atoms with Gasteiger partial charge >= 0.3 is 0 Å². The topological polar surface area (TPSA) is 63.4 Å². The van der Waals surface area contributed by atoms with E-state index < -0.39 is 5.41 Å². The maximum atomic E-state index is 12.4. The molecule has 0 spiro atoms. The van der Waals surface area contributed by atoms with E-state index in [2.05, 4.69) is 11.8 Å². The van der Waals surface area contributed by atoms with E-state index in [4.69, 9.17) is 17.3 Å². The number of imide groups is 1. The molecular weight excluding hydrogens is 276 g/mol.